The maximum atomic E-state index is 14.1. The number of nitrogens with one attached hydrogen (secondary N) is 2. The highest BCUT2D eigenvalue weighted by Gasteiger charge is 2.37. The fourth-order valence-corrected chi connectivity index (χ4v) is 4.09. The topological polar surface area (TPSA) is 108 Å². The van der Waals surface area contributed by atoms with Crippen molar-refractivity contribution in [2.75, 3.05) is 6.54 Å². The summed E-state index contributed by atoms with van der Waals surface area (Å²) < 4.78 is 5.42. The average Bonchev–Trinajstić information content (AvgIpc) is 2.84. The van der Waals surface area contributed by atoms with Crippen LogP contribution in [0, 0.1) is 5.92 Å². The first-order valence-corrected chi connectivity index (χ1v) is 13.3. The maximum Gasteiger partial charge on any atom is 0.408 e. The molecular weight excluding hydrogens is 482 g/mol. The summed E-state index contributed by atoms with van der Waals surface area (Å²) in [7, 11) is 0. The number of carbonyl (C=O) groups is 3. The van der Waals surface area contributed by atoms with E-state index in [0.29, 0.717) is 18.4 Å². The second-order valence-corrected chi connectivity index (χ2v) is 10.9. The Kier molecular flexibility index (Phi) is 11.6. The van der Waals surface area contributed by atoms with Crippen LogP contribution in [0.4, 0.5) is 4.79 Å². The lowest BCUT2D eigenvalue weighted by Gasteiger charge is -2.35. The van der Waals surface area contributed by atoms with Gasteiger partial charge in [-0.2, -0.15) is 0 Å². The van der Waals surface area contributed by atoms with Crippen molar-refractivity contribution in [1.82, 2.24) is 15.5 Å². The highest BCUT2D eigenvalue weighted by atomic mass is 16.6. The van der Waals surface area contributed by atoms with Crippen LogP contribution in [-0.4, -0.2) is 46.1 Å². The van der Waals surface area contributed by atoms with Crippen LogP contribution in [0.25, 0.3) is 0 Å². The molecule has 0 saturated carbocycles. The first-order valence-electron chi connectivity index (χ1n) is 13.3. The van der Waals surface area contributed by atoms with E-state index in [2.05, 4.69) is 10.6 Å². The van der Waals surface area contributed by atoms with E-state index in [1.807, 2.05) is 51.1 Å². The molecule has 0 aliphatic rings. The number of phenols is 1. The molecule has 0 radical (unpaired) electrons. The fraction of sp³-hybridized carbons (Fsp3) is 0.500. The number of carbonyl (C=O) groups excluding carboxylic acids is 3. The van der Waals surface area contributed by atoms with Gasteiger partial charge in [0, 0.05) is 18.7 Å². The Hall–Kier alpha value is -3.55. The van der Waals surface area contributed by atoms with E-state index >= 15 is 0 Å². The summed E-state index contributed by atoms with van der Waals surface area (Å²) in [4.78, 5) is 41.9. The molecule has 3 N–H and O–H groups in total. The van der Waals surface area contributed by atoms with Crippen molar-refractivity contribution < 1.29 is 24.2 Å². The zero-order valence-electron chi connectivity index (χ0n) is 23.5. The number of unbranched alkanes of at least 4 members (excludes halogenated alkanes) is 1. The van der Waals surface area contributed by atoms with Crippen LogP contribution in [-0.2, 0) is 20.9 Å². The van der Waals surface area contributed by atoms with Crippen LogP contribution in [0.5, 0.6) is 5.75 Å². The van der Waals surface area contributed by atoms with Gasteiger partial charge >= 0.3 is 6.09 Å². The standard InChI is InChI=1S/C30H43N3O5/c1-7-8-18-33(28(36)24(19-21(2)3)32-29(37)38-30(4,5)6)26(23-16-12-13-17-25(23)34)27(35)31-20-22-14-10-9-11-15-22/h9-17,21,24,26,34H,7-8,18-20H2,1-6H3,(H,31,35)(H,32,37). The molecule has 208 valence electrons. The molecule has 0 aliphatic carbocycles. The number of para-hydroxylation sites is 1. The van der Waals surface area contributed by atoms with Crippen molar-refractivity contribution in [2.24, 2.45) is 5.92 Å². The molecule has 0 fully saturated rings. The van der Waals surface area contributed by atoms with Gasteiger partial charge in [0.05, 0.1) is 0 Å². The molecule has 2 unspecified atom stereocenters. The summed E-state index contributed by atoms with van der Waals surface area (Å²) in [5, 5.41) is 16.4. The number of amides is 3. The Morgan fingerprint density at radius 3 is 2.21 bits per heavy atom. The van der Waals surface area contributed by atoms with E-state index < -0.39 is 35.6 Å². The quantitative estimate of drug-likeness (QED) is 0.348. The van der Waals surface area contributed by atoms with Gasteiger partial charge in [0.2, 0.25) is 11.8 Å². The van der Waals surface area contributed by atoms with Crippen molar-refractivity contribution >= 4 is 17.9 Å². The molecule has 2 aromatic rings. The highest BCUT2D eigenvalue weighted by Crippen LogP contribution is 2.30. The predicted molar refractivity (Wildman–Crippen MR) is 148 cm³/mol. The molecule has 0 bridgehead atoms. The molecule has 0 aromatic heterocycles. The molecule has 38 heavy (non-hydrogen) atoms. The van der Waals surface area contributed by atoms with Gasteiger partial charge in [-0.1, -0.05) is 75.7 Å². The highest BCUT2D eigenvalue weighted by molar-refractivity contribution is 5.92. The smallest absolute Gasteiger partial charge is 0.408 e. The molecular formula is C30H43N3O5. The van der Waals surface area contributed by atoms with Gasteiger partial charge in [-0.25, -0.2) is 4.79 Å². The molecule has 0 saturated heterocycles. The number of alkyl carbamates (subject to hydrolysis) is 1. The number of phenolic OH excluding ortho intramolecular Hbond substituents is 1. The number of aromatic hydroxyl groups is 1. The van der Waals surface area contributed by atoms with E-state index in [1.54, 1.807) is 39.0 Å². The van der Waals surface area contributed by atoms with Gasteiger partial charge in [-0.3, -0.25) is 9.59 Å². The van der Waals surface area contributed by atoms with Crippen LogP contribution >= 0.6 is 0 Å². The molecule has 2 atom stereocenters. The minimum absolute atomic E-state index is 0.0813. The SMILES string of the molecule is CCCCN(C(=O)C(CC(C)C)NC(=O)OC(C)(C)C)C(C(=O)NCc1ccccc1)c1ccccc1O. The van der Waals surface area contributed by atoms with Crippen molar-refractivity contribution in [2.45, 2.75) is 85.0 Å². The molecule has 8 nitrogen and oxygen atoms in total. The van der Waals surface area contributed by atoms with E-state index in [-0.39, 0.29) is 24.8 Å². The molecule has 0 aliphatic heterocycles. The first kappa shape index (κ1) is 30.7. The van der Waals surface area contributed by atoms with Crippen LogP contribution in [0.3, 0.4) is 0 Å². The maximum absolute atomic E-state index is 14.1. The van der Waals surface area contributed by atoms with Crippen molar-refractivity contribution in [1.29, 1.82) is 0 Å². The van der Waals surface area contributed by atoms with Crippen LogP contribution in [0.1, 0.15) is 78.0 Å². The number of rotatable bonds is 12. The largest absolute Gasteiger partial charge is 0.508 e. The fourth-order valence-electron chi connectivity index (χ4n) is 4.09. The van der Waals surface area contributed by atoms with Gasteiger partial charge in [-0.05, 0) is 51.2 Å². The zero-order valence-corrected chi connectivity index (χ0v) is 23.5. The molecule has 2 aromatic carbocycles. The zero-order chi connectivity index (χ0) is 28.3. The number of benzene rings is 2. The molecule has 0 heterocycles. The van der Waals surface area contributed by atoms with E-state index in [1.165, 1.54) is 11.0 Å². The van der Waals surface area contributed by atoms with Gasteiger partial charge in [0.25, 0.3) is 0 Å². The van der Waals surface area contributed by atoms with Crippen molar-refractivity contribution in [3.63, 3.8) is 0 Å². The summed E-state index contributed by atoms with van der Waals surface area (Å²) in [6.07, 6.45) is 1.10. The summed E-state index contributed by atoms with van der Waals surface area (Å²) in [6.45, 7) is 11.7. The third-order valence-corrected chi connectivity index (χ3v) is 5.83. The Morgan fingerprint density at radius 1 is 1.00 bits per heavy atom. The van der Waals surface area contributed by atoms with Crippen LogP contribution in [0.15, 0.2) is 54.6 Å². The lowest BCUT2D eigenvalue weighted by molar-refractivity contribution is -0.143. The minimum Gasteiger partial charge on any atom is -0.508 e. The van der Waals surface area contributed by atoms with Crippen LogP contribution < -0.4 is 10.6 Å². The Bertz CT molecular complexity index is 1050. The van der Waals surface area contributed by atoms with Gasteiger partial charge in [-0.15, -0.1) is 0 Å². The summed E-state index contributed by atoms with van der Waals surface area (Å²) in [5.41, 5.74) is 0.503. The van der Waals surface area contributed by atoms with E-state index in [4.69, 9.17) is 4.74 Å². The number of hydrogen-bond acceptors (Lipinski definition) is 5. The first-order chi connectivity index (χ1) is 17.9. The van der Waals surface area contributed by atoms with Gasteiger partial charge < -0.3 is 25.4 Å². The summed E-state index contributed by atoms with van der Waals surface area (Å²) in [5.74, 6) is -0.814. The number of ether oxygens (including phenoxy) is 1. The molecule has 3 amide bonds. The van der Waals surface area contributed by atoms with Gasteiger partial charge in [0.1, 0.15) is 23.4 Å². The third kappa shape index (κ3) is 9.72. The lowest BCUT2D eigenvalue weighted by atomic mass is 9.98. The normalized spacial score (nSPS) is 12.9. The van der Waals surface area contributed by atoms with Gasteiger partial charge in [0.15, 0.2) is 0 Å². The van der Waals surface area contributed by atoms with Crippen LogP contribution in [0.2, 0.25) is 0 Å². The third-order valence-electron chi connectivity index (χ3n) is 5.83. The second-order valence-electron chi connectivity index (χ2n) is 10.9. The number of hydrogen-bond donors (Lipinski definition) is 3. The lowest BCUT2D eigenvalue weighted by Crippen LogP contribution is -2.53. The molecule has 8 heteroatoms. The van der Waals surface area contributed by atoms with E-state index in [9.17, 15) is 19.5 Å². The summed E-state index contributed by atoms with van der Waals surface area (Å²) >= 11 is 0. The summed E-state index contributed by atoms with van der Waals surface area (Å²) in [6, 6.07) is 14.0. The van der Waals surface area contributed by atoms with E-state index in [0.717, 1.165) is 12.0 Å². The van der Waals surface area contributed by atoms with Crippen molar-refractivity contribution in [3.8, 4) is 5.75 Å². The number of nitrogens with zero attached hydrogens (tertiary/aromatic N) is 1. The Balaban J connectivity index is 2.46. The van der Waals surface area contributed by atoms with Crippen molar-refractivity contribution in [3.05, 3.63) is 65.7 Å². The predicted octanol–water partition coefficient (Wildman–Crippen LogP) is 5.32. The Labute approximate surface area is 226 Å². The molecule has 0 spiro atoms. The second kappa shape index (κ2) is 14.4. The minimum atomic E-state index is -1.09. The molecule has 2 rings (SSSR count). The Morgan fingerprint density at radius 2 is 1.63 bits per heavy atom. The monoisotopic (exact) mass is 525 g/mol. The average molecular weight is 526 g/mol.